The number of hydrogen-bond donors (Lipinski definition) is 1. The summed E-state index contributed by atoms with van der Waals surface area (Å²) >= 11 is 0. The number of carbonyl (C=O) groups is 2. The molecule has 0 radical (unpaired) electrons. The quantitative estimate of drug-likeness (QED) is 0.915. The molecule has 1 aromatic rings. The highest BCUT2D eigenvalue weighted by Crippen LogP contribution is 2.39. The second-order valence-corrected chi connectivity index (χ2v) is 6.37. The van der Waals surface area contributed by atoms with E-state index >= 15 is 0 Å². The maximum atomic E-state index is 12.4. The minimum atomic E-state index is -0.297. The van der Waals surface area contributed by atoms with Crippen LogP contribution in [0.2, 0.25) is 0 Å². The SMILES string of the molecule is CN1CCC2(CCCN(C(=O)CCc3ccc[nH]3)C2)C1=O. The summed E-state index contributed by atoms with van der Waals surface area (Å²) in [5.41, 5.74) is 0.793. The first-order valence-electron chi connectivity index (χ1n) is 7.76. The van der Waals surface area contributed by atoms with E-state index in [0.29, 0.717) is 13.0 Å². The molecule has 2 aliphatic rings. The third kappa shape index (κ3) is 2.69. The van der Waals surface area contributed by atoms with Gasteiger partial charge in [0.15, 0.2) is 0 Å². The molecule has 0 saturated carbocycles. The molecule has 2 saturated heterocycles. The number of amides is 2. The highest BCUT2D eigenvalue weighted by atomic mass is 16.2. The van der Waals surface area contributed by atoms with Gasteiger partial charge < -0.3 is 14.8 Å². The molecule has 0 bridgehead atoms. The van der Waals surface area contributed by atoms with Crippen LogP contribution in [-0.2, 0) is 16.0 Å². The highest BCUT2D eigenvalue weighted by Gasteiger charge is 2.48. The van der Waals surface area contributed by atoms with Crippen LogP contribution >= 0.6 is 0 Å². The summed E-state index contributed by atoms with van der Waals surface area (Å²) in [6.45, 7) is 2.23. The molecule has 21 heavy (non-hydrogen) atoms. The Morgan fingerprint density at radius 1 is 1.38 bits per heavy atom. The van der Waals surface area contributed by atoms with E-state index in [9.17, 15) is 9.59 Å². The van der Waals surface area contributed by atoms with E-state index in [1.807, 2.05) is 35.2 Å². The van der Waals surface area contributed by atoms with E-state index in [-0.39, 0.29) is 17.2 Å². The van der Waals surface area contributed by atoms with E-state index in [4.69, 9.17) is 0 Å². The first kappa shape index (κ1) is 14.2. The minimum absolute atomic E-state index is 0.172. The Morgan fingerprint density at radius 2 is 2.24 bits per heavy atom. The number of rotatable bonds is 3. The van der Waals surface area contributed by atoms with E-state index in [1.165, 1.54) is 0 Å². The molecule has 2 fully saturated rings. The van der Waals surface area contributed by atoms with Gasteiger partial charge in [-0.15, -0.1) is 0 Å². The summed E-state index contributed by atoms with van der Waals surface area (Å²) < 4.78 is 0. The van der Waals surface area contributed by atoms with Crippen LogP contribution in [0.3, 0.4) is 0 Å². The van der Waals surface area contributed by atoms with Crippen LogP contribution in [0.15, 0.2) is 18.3 Å². The normalized spacial score (nSPS) is 25.9. The molecule has 1 aromatic heterocycles. The fourth-order valence-electron chi connectivity index (χ4n) is 3.64. The number of nitrogens with one attached hydrogen (secondary N) is 1. The Labute approximate surface area is 125 Å². The fraction of sp³-hybridized carbons (Fsp3) is 0.625. The molecule has 2 amide bonds. The summed E-state index contributed by atoms with van der Waals surface area (Å²) in [6, 6.07) is 3.95. The monoisotopic (exact) mass is 289 g/mol. The van der Waals surface area contributed by atoms with Gasteiger partial charge in [0.1, 0.15) is 0 Å². The predicted octanol–water partition coefficient (Wildman–Crippen LogP) is 1.42. The van der Waals surface area contributed by atoms with Crippen LogP contribution < -0.4 is 0 Å². The molecule has 1 atom stereocenters. The molecule has 3 rings (SSSR count). The van der Waals surface area contributed by atoms with Crippen molar-refractivity contribution in [2.45, 2.75) is 32.1 Å². The van der Waals surface area contributed by atoms with Gasteiger partial charge in [-0.05, 0) is 37.8 Å². The highest BCUT2D eigenvalue weighted by molar-refractivity contribution is 5.86. The maximum absolute atomic E-state index is 12.4. The summed E-state index contributed by atoms with van der Waals surface area (Å²) in [7, 11) is 1.86. The predicted molar refractivity (Wildman–Crippen MR) is 79.6 cm³/mol. The number of likely N-dealkylation sites (tertiary alicyclic amines) is 2. The second kappa shape index (κ2) is 5.54. The first-order chi connectivity index (χ1) is 10.1. The Morgan fingerprint density at radius 3 is 2.90 bits per heavy atom. The van der Waals surface area contributed by atoms with Crippen LogP contribution in [0.4, 0.5) is 0 Å². The zero-order valence-electron chi connectivity index (χ0n) is 12.6. The molecule has 1 spiro atoms. The average Bonchev–Trinajstić information content (AvgIpc) is 3.10. The Hall–Kier alpha value is -1.78. The summed E-state index contributed by atoms with van der Waals surface area (Å²) in [5.74, 6) is 0.399. The molecule has 1 N–H and O–H groups in total. The second-order valence-electron chi connectivity index (χ2n) is 6.37. The average molecular weight is 289 g/mol. The van der Waals surface area contributed by atoms with Crippen molar-refractivity contribution in [3.63, 3.8) is 0 Å². The van der Waals surface area contributed by atoms with Crippen LogP contribution in [0.1, 0.15) is 31.4 Å². The molecule has 0 aliphatic carbocycles. The molecule has 0 aromatic carbocycles. The van der Waals surface area contributed by atoms with Crippen molar-refractivity contribution in [1.82, 2.24) is 14.8 Å². The van der Waals surface area contributed by atoms with Gasteiger partial charge in [0, 0.05) is 45.0 Å². The lowest BCUT2D eigenvalue weighted by Crippen LogP contribution is -2.49. The molecule has 2 aliphatic heterocycles. The lowest BCUT2D eigenvalue weighted by molar-refractivity contribution is -0.142. The van der Waals surface area contributed by atoms with Crippen molar-refractivity contribution in [2.75, 3.05) is 26.7 Å². The van der Waals surface area contributed by atoms with Gasteiger partial charge in [0.2, 0.25) is 11.8 Å². The van der Waals surface area contributed by atoms with E-state index in [0.717, 1.165) is 44.5 Å². The smallest absolute Gasteiger partial charge is 0.230 e. The summed E-state index contributed by atoms with van der Waals surface area (Å²) in [5, 5.41) is 0. The van der Waals surface area contributed by atoms with Crippen molar-refractivity contribution in [3.05, 3.63) is 24.0 Å². The third-order valence-electron chi connectivity index (χ3n) is 4.93. The van der Waals surface area contributed by atoms with Crippen molar-refractivity contribution < 1.29 is 9.59 Å². The van der Waals surface area contributed by atoms with Crippen molar-refractivity contribution in [2.24, 2.45) is 5.41 Å². The van der Waals surface area contributed by atoms with E-state index in [2.05, 4.69) is 4.98 Å². The van der Waals surface area contributed by atoms with Gasteiger partial charge >= 0.3 is 0 Å². The van der Waals surface area contributed by atoms with Crippen molar-refractivity contribution in [1.29, 1.82) is 0 Å². The molecular formula is C16H23N3O2. The van der Waals surface area contributed by atoms with Crippen LogP contribution in [0.25, 0.3) is 0 Å². The topological polar surface area (TPSA) is 56.4 Å². The van der Waals surface area contributed by atoms with Crippen molar-refractivity contribution in [3.8, 4) is 0 Å². The number of piperidine rings is 1. The van der Waals surface area contributed by atoms with Crippen LogP contribution in [-0.4, -0.2) is 53.3 Å². The number of aromatic nitrogens is 1. The lowest BCUT2D eigenvalue weighted by atomic mass is 9.78. The number of aromatic amines is 1. The molecule has 1 unspecified atom stereocenters. The Kier molecular flexibility index (Phi) is 3.74. The molecule has 114 valence electrons. The van der Waals surface area contributed by atoms with E-state index in [1.54, 1.807) is 0 Å². The van der Waals surface area contributed by atoms with Gasteiger partial charge in [-0.25, -0.2) is 0 Å². The number of hydrogen-bond acceptors (Lipinski definition) is 2. The molecule has 3 heterocycles. The number of nitrogens with zero attached hydrogens (tertiary/aromatic N) is 2. The third-order valence-corrected chi connectivity index (χ3v) is 4.93. The summed E-state index contributed by atoms with van der Waals surface area (Å²) in [6.07, 6.45) is 5.89. The standard InChI is InChI=1S/C16H23N3O2/c1-18-11-8-16(15(18)21)7-3-10-19(12-16)14(20)6-5-13-4-2-9-17-13/h2,4,9,17H,3,5-8,10-12H2,1H3. The molecule has 5 nitrogen and oxygen atoms in total. The number of H-pyrrole nitrogens is 1. The molecular weight excluding hydrogens is 266 g/mol. The molecule has 5 heteroatoms. The van der Waals surface area contributed by atoms with Gasteiger partial charge in [-0.1, -0.05) is 0 Å². The van der Waals surface area contributed by atoms with Crippen LogP contribution in [0.5, 0.6) is 0 Å². The summed E-state index contributed by atoms with van der Waals surface area (Å²) in [4.78, 5) is 31.6. The minimum Gasteiger partial charge on any atom is -0.365 e. The number of aryl methyl sites for hydroxylation is 1. The van der Waals surface area contributed by atoms with Gasteiger partial charge in [-0.3, -0.25) is 9.59 Å². The Bertz CT molecular complexity index is 522. The van der Waals surface area contributed by atoms with Crippen LogP contribution in [0, 0.1) is 5.41 Å². The number of carbonyl (C=O) groups excluding carboxylic acids is 2. The van der Waals surface area contributed by atoms with Crippen molar-refractivity contribution >= 4 is 11.8 Å². The zero-order chi connectivity index (χ0) is 14.9. The largest absolute Gasteiger partial charge is 0.365 e. The Balaban J connectivity index is 1.60. The zero-order valence-corrected chi connectivity index (χ0v) is 12.6. The fourth-order valence-corrected chi connectivity index (χ4v) is 3.64. The van der Waals surface area contributed by atoms with Gasteiger partial charge in [0.05, 0.1) is 5.41 Å². The van der Waals surface area contributed by atoms with Gasteiger partial charge in [-0.2, -0.15) is 0 Å². The van der Waals surface area contributed by atoms with E-state index < -0.39 is 0 Å². The lowest BCUT2D eigenvalue weighted by Gasteiger charge is -2.39. The van der Waals surface area contributed by atoms with Gasteiger partial charge in [0.25, 0.3) is 0 Å². The first-order valence-corrected chi connectivity index (χ1v) is 7.76. The maximum Gasteiger partial charge on any atom is 0.230 e.